The standard InChI is InChI=1S/C16H24N6O3/c1-24-8-4-15-19-14(20-25-15)9-18-16(23)22-6-2-3-13(11-22)10-21-7-5-17-12-21/h5,7,12-13H,2-4,6,8-11H2,1H3,(H,18,23)/t13-/m1/s1. The Kier molecular flexibility index (Phi) is 5.99. The van der Waals surface area contributed by atoms with Crippen molar-refractivity contribution in [3.8, 4) is 0 Å². The molecule has 2 aromatic rings. The summed E-state index contributed by atoms with van der Waals surface area (Å²) in [6.07, 6.45) is 8.25. The molecule has 0 bridgehead atoms. The van der Waals surface area contributed by atoms with Gasteiger partial charge in [-0.1, -0.05) is 5.16 Å². The summed E-state index contributed by atoms with van der Waals surface area (Å²) in [6, 6.07) is -0.0847. The van der Waals surface area contributed by atoms with Crippen LogP contribution in [0.2, 0.25) is 0 Å². The first kappa shape index (κ1) is 17.4. The monoisotopic (exact) mass is 348 g/mol. The number of aromatic nitrogens is 4. The third-order valence-electron chi connectivity index (χ3n) is 4.26. The molecule has 9 nitrogen and oxygen atoms in total. The summed E-state index contributed by atoms with van der Waals surface area (Å²) >= 11 is 0. The second kappa shape index (κ2) is 8.61. The molecule has 1 saturated heterocycles. The lowest BCUT2D eigenvalue weighted by atomic mass is 9.98. The zero-order chi connectivity index (χ0) is 17.5. The number of amides is 2. The van der Waals surface area contributed by atoms with Crippen LogP contribution in [-0.2, 0) is 24.2 Å². The summed E-state index contributed by atoms with van der Waals surface area (Å²) in [5, 5.41) is 6.73. The number of hydrogen-bond donors (Lipinski definition) is 1. The highest BCUT2D eigenvalue weighted by atomic mass is 16.5. The molecule has 3 heterocycles. The van der Waals surface area contributed by atoms with E-state index in [1.54, 1.807) is 13.3 Å². The number of rotatable bonds is 7. The van der Waals surface area contributed by atoms with Crippen molar-refractivity contribution in [1.29, 1.82) is 0 Å². The van der Waals surface area contributed by atoms with Gasteiger partial charge < -0.3 is 24.0 Å². The first-order valence-corrected chi connectivity index (χ1v) is 8.53. The van der Waals surface area contributed by atoms with E-state index in [0.29, 0.717) is 30.7 Å². The Bertz CT molecular complexity index is 657. The summed E-state index contributed by atoms with van der Waals surface area (Å²) in [6.45, 7) is 3.20. The maximum atomic E-state index is 12.4. The Labute approximate surface area is 146 Å². The molecule has 2 aromatic heterocycles. The fourth-order valence-electron chi connectivity index (χ4n) is 3.01. The van der Waals surface area contributed by atoms with Crippen LogP contribution in [0.4, 0.5) is 4.79 Å². The smallest absolute Gasteiger partial charge is 0.317 e. The maximum absolute atomic E-state index is 12.4. The van der Waals surface area contributed by atoms with E-state index in [-0.39, 0.29) is 12.6 Å². The molecule has 9 heteroatoms. The van der Waals surface area contributed by atoms with E-state index in [0.717, 1.165) is 32.5 Å². The molecule has 1 N–H and O–H groups in total. The number of ether oxygens (including phenoxy) is 1. The maximum Gasteiger partial charge on any atom is 0.317 e. The lowest BCUT2D eigenvalue weighted by molar-refractivity contribution is 0.158. The van der Waals surface area contributed by atoms with Crippen molar-refractivity contribution < 1.29 is 14.1 Å². The van der Waals surface area contributed by atoms with Crippen molar-refractivity contribution in [3.63, 3.8) is 0 Å². The minimum Gasteiger partial charge on any atom is -0.384 e. The number of methoxy groups -OCH3 is 1. The molecule has 1 fully saturated rings. The Hall–Kier alpha value is -2.42. The lowest BCUT2D eigenvalue weighted by Crippen LogP contribution is -2.46. The Morgan fingerprint density at radius 2 is 2.44 bits per heavy atom. The van der Waals surface area contributed by atoms with Crippen molar-refractivity contribution in [2.75, 3.05) is 26.8 Å². The summed E-state index contributed by atoms with van der Waals surface area (Å²) in [4.78, 5) is 22.5. The van der Waals surface area contributed by atoms with Crippen LogP contribution in [0.25, 0.3) is 0 Å². The van der Waals surface area contributed by atoms with E-state index in [9.17, 15) is 4.79 Å². The van der Waals surface area contributed by atoms with Gasteiger partial charge in [0.15, 0.2) is 5.82 Å². The molecule has 1 aliphatic rings. The van der Waals surface area contributed by atoms with Crippen LogP contribution in [0.3, 0.4) is 0 Å². The molecule has 2 amide bonds. The first-order valence-electron chi connectivity index (χ1n) is 8.53. The van der Waals surface area contributed by atoms with E-state index in [2.05, 4.69) is 25.0 Å². The second-order valence-corrected chi connectivity index (χ2v) is 6.22. The van der Waals surface area contributed by atoms with Crippen LogP contribution in [0, 0.1) is 5.92 Å². The molecule has 3 rings (SSSR count). The number of nitrogens with zero attached hydrogens (tertiary/aromatic N) is 5. The third-order valence-corrected chi connectivity index (χ3v) is 4.26. The summed E-state index contributed by atoms with van der Waals surface area (Å²) in [5.74, 6) is 1.44. The van der Waals surface area contributed by atoms with Gasteiger partial charge in [-0.2, -0.15) is 4.98 Å². The van der Waals surface area contributed by atoms with Crippen LogP contribution in [0.1, 0.15) is 24.6 Å². The van der Waals surface area contributed by atoms with Crippen LogP contribution in [-0.4, -0.2) is 57.4 Å². The second-order valence-electron chi connectivity index (χ2n) is 6.22. The quantitative estimate of drug-likeness (QED) is 0.804. The van der Waals surface area contributed by atoms with Crippen molar-refractivity contribution in [3.05, 3.63) is 30.4 Å². The van der Waals surface area contributed by atoms with Gasteiger partial charge in [0.25, 0.3) is 0 Å². The number of likely N-dealkylation sites (tertiary alicyclic amines) is 1. The third kappa shape index (κ3) is 5.02. The minimum absolute atomic E-state index is 0.0847. The van der Waals surface area contributed by atoms with E-state index >= 15 is 0 Å². The van der Waals surface area contributed by atoms with Crippen LogP contribution >= 0.6 is 0 Å². The molecule has 136 valence electrons. The summed E-state index contributed by atoms with van der Waals surface area (Å²) < 4.78 is 12.1. The van der Waals surface area contributed by atoms with Crippen molar-refractivity contribution in [1.82, 2.24) is 29.9 Å². The largest absolute Gasteiger partial charge is 0.384 e. The van der Waals surface area contributed by atoms with E-state index in [1.807, 2.05) is 17.4 Å². The molecular weight excluding hydrogens is 324 g/mol. The average molecular weight is 348 g/mol. The van der Waals surface area contributed by atoms with Crippen molar-refractivity contribution >= 4 is 6.03 Å². The van der Waals surface area contributed by atoms with Gasteiger partial charge in [0.1, 0.15) is 0 Å². The molecule has 1 atom stereocenters. The van der Waals surface area contributed by atoms with Gasteiger partial charge in [0, 0.05) is 39.1 Å². The van der Waals surface area contributed by atoms with Crippen LogP contribution < -0.4 is 5.32 Å². The van der Waals surface area contributed by atoms with Gasteiger partial charge in [-0.15, -0.1) is 0 Å². The van der Waals surface area contributed by atoms with Crippen molar-refractivity contribution in [2.24, 2.45) is 5.92 Å². The number of hydrogen-bond acceptors (Lipinski definition) is 6. The Balaban J connectivity index is 1.45. The molecule has 0 radical (unpaired) electrons. The fourth-order valence-corrected chi connectivity index (χ4v) is 3.01. The topological polar surface area (TPSA) is 98.3 Å². The van der Waals surface area contributed by atoms with Crippen LogP contribution in [0.5, 0.6) is 0 Å². The molecule has 1 aliphatic heterocycles. The highest BCUT2D eigenvalue weighted by Gasteiger charge is 2.24. The van der Waals surface area contributed by atoms with Gasteiger partial charge in [-0.05, 0) is 18.8 Å². The predicted molar refractivity (Wildman–Crippen MR) is 88.6 cm³/mol. The molecule has 0 aliphatic carbocycles. The van der Waals surface area contributed by atoms with E-state index < -0.39 is 0 Å². The normalized spacial score (nSPS) is 17.6. The summed E-state index contributed by atoms with van der Waals surface area (Å²) in [5.41, 5.74) is 0. The van der Waals surface area contributed by atoms with Gasteiger partial charge in [0.2, 0.25) is 5.89 Å². The lowest BCUT2D eigenvalue weighted by Gasteiger charge is -2.32. The number of piperidine rings is 1. The number of carbonyl (C=O) groups excluding carboxylic acids is 1. The number of urea groups is 1. The Morgan fingerprint density at radius 1 is 1.52 bits per heavy atom. The highest BCUT2D eigenvalue weighted by Crippen LogP contribution is 2.18. The van der Waals surface area contributed by atoms with Crippen molar-refractivity contribution in [2.45, 2.75) is 32.4 Å². The minimum atomic E-state index is -0.0847. The number of carbonyl (C=O) groups is 1. The van der Waals surface area contributed by atoms with Crippen LogP contribution in [0.15, 0.2) is 23.2 Å². The predicted octanol–water partition coefficient (Wildman–Crippen LogP) is 1.08. The molecule has 0 unspecified atom stereocenters. The number of imidazole rings is 1. The first-order chi connectivity index (χ1) is 12.2. The summed E-state index contributed by atoms with van der Waals surface area (Å²) in [7, 11) is 1.62. The zero-order valence-corrected chi connectivity index (χ0v) is 14.4. The highest BCUT2D eigenvalue weighted by molar-refractivity contribution is 5.74. The molecule has 0 aromatic carbocycles. The molecule has 25 heavy (non-hydrogen) atoms. The van der Waals surface area contributed by atoms with Gasteiger partial charge in [0.05, 0.1) is 25.9 Å². The zero-order valence-electron chi connectivity index (χ0n) is 14.4. The number of nitrogens with one attached hydrogen (secondary N) is 1. The molecular formula is C16H24N6O3. The SMILES string of the molecule is COCCc1nc(CNC(=O)N2CCC[C@H](Cn3ccnc3)C2)no1. The van der Waals surface area contributed by atoms with Gasteiger partial charge in [-0.25, -0.2) is 9.78 Å². The van der Waals surface area contributed by atoms with Gasteiger partial charge in [-0.3, -0.25) is 0 Å². The molecule has 0 saturated carbocycles. The fraction of sp³-hybridized carbons (Fsp3) is 0.625. The average Bonchev–Trinajstić information content (AvgIpc) is 3.30. The van der Waals surface area contributed by atoms with E-state index in [4.69, 9.17) is 9.26 Å². The van der Waals surface area contributed by atoms with E-state index in [1.165, 1.54) is 0 Å². The molecule has 0 spiro atoms. The van der Waals surface area contributed by atoms with Gasteiger partial charge >= 0.3 is 6.03 Å². The Morgan fingerprint density at radius 3 is 3.24 bits per heavy atom.